The normalized spacial score (nSPS) is 12.4. The maximum Gasteiger partial charge on any atom is 0.234 e. The number of hydrogen-bond acceptors (Lipinski definition) is 3. The number of benzene rings is 1. The van der Waals surface area contributed by atoms with Crippen molar-refractivity contribution < 1.29 is 4.79 Å². The molecule has 2 rings (SSSR count). The van der Waals surface area contributed by atoms with Crippen LogP contribution in [0.1, 0.15) is 29.0 Å². The van der Waals surface area contributed by atoms with Gasteiger partial charge in [0.15, 0.2) is 0 Å². The lowest BCUT2D eigenvalue weighted by Gasteiger charge is -2.19. The van der Waals surface area contributed by atoms with Crippen molar-refractivity contribution in [3.8, 4) is 0 Å². The fourth-order valence-electron chi connectivity index (χ4n) is 2.22. The number of hydrogen-bond donors (Lipinski definition) is 1. The summed E-state index contributed by atoms with van der Waals surface area (Å²) >= 11 is 1.74. The third kappa shape index (κ3) is 4.69. The summed E-state index contributed by atoms with van der Waals surface area (Å²) in [6.45, 7) is 5.35. The highest BCUT2D eigenvalue weighted by molar-refractivity contribution is 7.10. The molecule has 0 fully saturated rings. The molecule has 4 heteroatoms. The molecule has 0 radical (unpaired) electrons. The Hall–Kier alpha value is -1.65. The van der Waals surface area contributed by atoms with Crippen LogP contribution < -0.4 is 5.32 Å². The van der Waals surface area contributed by atoms with Crippen LogP contribution in [0, 0.1) is 6.92 Å². The number of carbonyl (C=O) groups is 1. The third-order valence-electron chi connectivity index (χ3n) is 3.47. The first-order valence-corrected chi connectivity index (χ1v) is 8.00. The molecule has 0 bridgehead atoms. The predicted octanol–water partition coefficient (Wildman–Crippen LogP) is 3.37. The summed E-state index contributed by atoms with van der Waals surface area (Å²) < 4.78 is 0. The van der Waals surface area contributed by atoms with E-state index < -0.39 is 0 Å². The Morgan fingerprint density at radius 1 is 1.29 bits per heavy atom. The first-order valence-electron chi connectivity index (χ1n) is 7.12. The number of likely N-dealkylation sites (N-methyl/N-ethyl adjacent to an activating group) is 1. The summed E-state index contributed by atoms with van der Waals surface area (Å²) in [5, 5.41) is 5.14. The fourth-order valence-corrected chi connectivity index (χ4v) is 3.21. The molecule has 0 saturated carbocycles. The van der Waals surface area contributed by atoms with Crippen LogP contribution in [0.15, 0.2) is 41.8 Å². The Balaban J connectivity index is 1.83. The van der Waals surface area contributed by atoms with Crippen LogP contribution in [-0.4, -0.2) is 24.4 Å². The van der Waals surface area contributed by atoms with E-state index in [0.717, 1.165) is 12.1 Å². The average Bonchev–Trinajstić information content (AvgIpc) is 2.84. The minimum absolute atomic E-state index is 0.0376. The number of carbonyl (C=O) groups excluding carboxylic acids is 1. The zero-order valence-corrected chi connectivity index (χ0v) is 13.6. The highest BCUT2D eigenvalue weighted by Crippen LogP contribution is 2.17. The average molecular weight is 302 g/mol. The van der Waals surface area contributed by atoms with Gasteiger partial charge in [-0.25, -0.2) is 0 Å². The van der Waals surface area contributed by atoms with Crippen LogP contribution in [0.3, 0.4) is 0 Å². The van der Waals surface area contributed by atoms with E-state index >= 15 is 0 Å². The zero-order valence-electron chi connectivity index (χ0n) is 12.8. The van der Waals surface area contributed by atoms with Crippen molar-refractivity contribution >= 4 is 17.2 Å². The molecular formula is C17H22N2OS. The van der Waals surface area contributed by atoms with Crippen molar-refractivity contribution in [2.24, 2.45) is 0 Å². The quantitative estimate of drug-likeness (QED) is 0.887. The van der Waals surface area contributed by atoms with E-state index in [2.05, 4.69) is 23.7 Å². The number of rotatable bonds is 6. The smallest absolute Gasteiger partial charge is 0.234 e. The second-order valence-corrected chi connectivity index (χ2v) is 6.40. The minimum atomic E-state index is 0.0376. The number of aryl methyl sites for hydroxylation is 1. The summed E-state index contributed by atoms with van der Waals surface area (Å²) in [4.78, 5) is 15.5. The van der Waals surface area contributed by atoms with Crippen molar-refractivity contribution in [1.82, 2.24) is 10.2 Å². The van der Waals surface area contributed by atoms with Crippen molar-refractivity contribution in [1.29, 1.82) is 0 Å². The molecule has 0 aliphatic carbocycles. The van der Waals surface area contributed by atoms with Gasteiger partial charge in [-0.15, -0.1) is 11.3 Å². The van der Waals surface area contributed by atoms with Gasteiger partial charge in [-0.05, 0) is 43.5 Å². The van der Waals surface area contributed by atoms with E-state index in [0.29, 0.717) is 6.54 Å². The Bertz CT molecular complexity index is 579. The summed E-state index contributed by atoms with van der Waals surface area (Å²) in [6.07, 6.45) is 0. The Kier molecular flexibility index (Phi) is 5.53. The SMILES string of the molecule is Cc1ccsc1CN(C)CC(=O)N[C@@H](C)c1ccccc1. The topological polar surface area (TPSA) is 32.3 Å². The molecule has 0 saturated heterocycles. The number of amides is 1. The molecule has 1 aromatic carbocycles. The van der Waals surface area contributed by atoms with Crippen LogP contribution in [-0.2, 0) is 11.3 Å². The van der Waals surface area contributed by atoms with Crippen molar-refractivity contribution in [3.63, 3.8) is 0 Å². The van der Waals surface area contributed by atoms with Crippen LogP contribution in [0.5, 0.6) is 0 Å². The first-order chi connectivity index (χ1) is 10.1. The van der Waals surface area contributed by atoms with Gasteiger partial charge in [0.1, 0.15) is 0 Å². The maximum atomic E-state index is 12.1. The zero-order chi connectivity index (χ0) is 15.2. The molecule has 2 aromatic rings. The van der Waals surface area contributed by atoms with Crippen LogP contribution >= 0.6 is 11.3 Å². The summed E-state index contributed by atoms with van der Waals surface area (Å²) in [7, 11) is 1.98. The maximum absolute atomic E-state index is 12.1. The lowest BCUT2D eigenvalue weighted by Crippen LogP contribution is -2.36. The van der Waals surface area contributed by atoms with E-state index in [1.165, 1.54) is 10.4 Å². The number of nitrogens with one attached hydrogen (secondary N) is 1. The van der Waals surface area contributed by atoms with Crippen LogP contribution in [0.25, 0.3) is 0 Å². The molecule has 1 heterocycles. The van der Waals surface area contributed by atoms with Gasteiger partial charge in [-0.3, -0.25) is 9.69 Å². The highest BCUT2D eigenvalue weighted by Gasteiger charge is 2.12. The highest BCUT2D eigenvalue weighted by atomic mass is 32.1. The van der Waals surface area contributed by atoms with E-state index in [4.69, 9.17) is 0 Å². The summed E-state index contributed by atoms with van der Waals surface area (Å²) in [5.41, 5.74) is 2.42. The van der Waals surface area contributed by atoms with Crippen molar-refractivity contribution in [3.05, 3.63) is 57.8 Å². The molecule has 0 spiro atoms. The molecule has 1 N–H and O–H groups in total. The molecule has 112 valence electrons. The molecule has 0 aliphatic rings. The lowest BCUT2D eigenvalue weighted by atomic mass is 10.1. The second-order valence-electron chi connectivity index (χ2n) is 5.40. The van der Waals surface area contributed by atoms with Crippen molar-refractivity contribution in [2.45, 2.75) is 26.4 Å². The second kappa shape index (κ2) is 7.38. The molecule has 3 nitrogen and oxygen atoms in total. The van der Waals surface area contributed by atoms with Gasteiger partial charge in [-0.1, -0.05) is 30.3 Å². The number of nitrogens with zero attached hydrogens (tertiary/aromatic N) is 1. The van der Waals surface area contributed by atoms with Crippen molar-refractivity contribution in [2.75, 3.05) is 13.6 Å². The Labute approximate surface area is 130 Å². The van der Waals surface area contributed by atoms with E-state index in [1.807, 2.05) is 49.2 Å². The molecule has 1 amide bonds. The monoisotopic (exact) mass is 302 g/mol. The van der Waals surface area contributed by atoms with Gasteiger partial charge >= 0.3 is 0 Å². The molecule has 0 unspecified atom stereocenters. The van der Waals surface area contributed by atoms with E-state index in [1.54, 1.807) is 11.3 Å². The molecule has 1 aromatic heterocycles. The molecule has 21 heavy (non-hydrogen) atoms. The van der Waals surface area contributed by atoms with Gasteiger partial charge in [-0.2, -0.15) is 0 Å². The standard InChI is InChI=1S/C17H22N2OS/c1-13-9-10-21-16(13)11-19(3)12-17(20)18-14(2)15-7-5-4-6-8-15/h4-10,14H,11-12H2,1-3H3,(H,18,20)/t14-/m0/s1. The van der Waals surface area contributed by atoms with Gasteiger partial charge in [0, 0.05) is 11.4 Å². The molecule has 0 aliphatic heterocycles. The number of thiophene rings is 1. The fraction of sp³-hybridized carbons (Fsp3) is 0.353. The Morgan fingerprint density at radius 2 is 2.00 bits per heavy atom. The van der Waals surface area contributed by atoms with Gasteiger partial charge in [0.25, 0.3) is 0 Å². The van der Waals surface area contributed by atoms with Gasteiger partial charge in [0.2, 0.25) is 5.91 Å². The van der Waals surface area contributed by atoms with E-state index in [9.17, 15) is 4.79 Å². The van der Waals surface area contributed by atoms with Crippen LogP contribution in [0.4, 0.5) is 0 Å². The van der Waals surface area contributed by atoms with E-state index in [-0.39, 0.29) is 11.9 Å². The van der Waals surface area contributed by atoms with Crippen LogP contribution in [0.2, 0.25) is 0 Å². The predicted molar refractivity (Wildman–Crippen MR) is 88.4 cm³/mol. The summed E-state index contributed by atoms with van der Waals surface area (Å²) in [5.74, 6) is 0.0584. The third-order valence-corrected chi connectivity index (χ3v) is 4.48. The Morgan fingerprint density at radius 3 is 2.62 bits per heavy atom. The summed E-state index contributed by atoms with van der Waals surface area (Å²) in [6, 6.07) is 12.2. The lowest BCUT2D eigenvalue weighted by molar-refractivity contribution is -0.122. The van der Waals surface area contributed by atoms with Gasteiger partial charge < -0.3 is 5.32 Å². The van der Waals surface area contributed by atoms with Gasteiger partial charge in [0.05, 0.1) is 12.6 Å². The first kappa shape index (κ1) is 15.7. The largest absolute Gasteiger partial charge is 0.348 e. The molecular weight excluding hydrogens is 280 g/mol. The minimum Gasteiger partial charge on any atom is -0.348 e. The molecule has 1 atom stereocenters.